The number of rotatable bonds is 2. The van der Waals surface area contributed by atoms with Crippen molar-refractivity contribution in [1.29, 1.82) is 10.5 Å². The number of benzene rings is 1. The Morgan fingerprint density at radius 3 is 2.32 bits per heavy atom. The number of nitriles is 2. The third-order valence-electron chi connectivity index (χ3n) is 2.41. The van der Waals surface area contributed by atoms with Gasteiger partial charge >= 0.3 is 0 Å². The molecule has 5 nitrogen and oxygen atoms in total. The number of hydrogen-bond donors (Lipinski definition) is 0. The van der Waals surface area contributed by atoms with Crippen LogP contribution in [-0.2, 0) is 0 Å². The van der Waals surface area contributed by atoms with E-state index in [9.17, 15) is 0 Å². The molecule has 2 aromatic rings. The van der Waals surface area contributed by atoms with Crippen molar-refractivity contribution >= 4 is 11.9 Å². The van der Waals surface area contributed by atoms with E-state index in [-0.39, 0.29) is 11.4 Å². The molecule has 1 aromatic carbocycles. The van der Waals surface area contributed by atoms with Crippen molar-refractivity contribution in [1.82, 2.24) is 9.97 Å². The van der Waals surface area contributed by atoms with E-state index in [2.05, 4.69) is 15.0 Å². The zero-order valence-electron chi connectivity index (χ0n) is 10.2. The quantitative estimate of drug-likeness (QED) is 0.762. The summed E-state index contributed by atoms with van der Waals surface area (Å²) in [6.45, 7) is 1.72. The molecule has 0 aliphatic heterocycles. The van der Waals surface area contributed by atoms with Gasteiger partial charge in [0.2, 0.25) is 0 Å². The Morgan fingerprint density at radius 1 is 1.05 bits per heavy atom. The molecule has 0 saturated heterocycles. The lowest BCUT2D eigenvalue weighted by atomic mass is 10.2. The Labute approximate surface area is 110 Å². The second-order valence-electron chi connectivity index (χ2n) is 3.71. The Morgan fingerprint density at radius 2 is 1.68 bits per heavy atom. The van der Waals surface area contributed by atoms with Crippen LogP contribution in [0.25, 0.3) is 0 Å². The maximum absolute atomic E-state index is 8.90. The molecule has 2 rings (SSSR count). The first-order valence-electron chi connectivity index (χ1n) is 5.52. The number of hydrogen-bond acceptors (Lipinski definition) is 5. The molecule has 1 aromatic heterocycles. The fourth-order valence-electron chi connectivity index (χ4n) is 1.46. The molecule has 0 N–H and O–H groups in total. The van der Waals surface area contributed by atoms with Crippen LogP contribution < -0.4 is 0 Å². The first-order chi connectivity index (χ1) is 9.24. The highest BCUT2D eigenvalue weighted by Gasteiger charge is 2.08. The Balaban J connectivity index is 2.40. The minimum Gasteiger partial charge on any atom is -0.255 e. The van der Waals surface area contributed by atoms with E-state index in [1.807, 2.05) is 42.5 Å². The van der Waals surface area contributed by atoms with Crippen LogP contribution in [0.15, 0.2) is 35.3 Å². The minimum absolute atomic E-state index is 0.0163. The van der Waals surface area contributed by atoms with E-state index in [0.717, 1.165) is 5.69 Å². The molecule has 1 heterocycles. The van der Waals surface area contributed by atoms with Crippen LogP contribution in [0.2, 0.25) is 0 Å². The molecule has 0 radical (unpaired) electrons. The molecule has 90 valence electrons. The number of aryl methyl sites for hydroxylation is 1. The lowest BCUT2D eigenvalue weighted by molar-refractivity contribution is 1.06. The summed E-state index contributed by atoms with van der Waals surface area (Å²) < 4.78 is 0. The van der Waals surface area contributed by atoms with Gasteiger partial charge in [0.05, 0.1) is 17.6 Å². The molecule has 5 heteroatoms. The van der Waals surface area contributed by atoms with Gasteiger partial charge in [0.25, 0.3) is 0 Å². The van der Waals surface area contributed by atoms with Gasteiger partial charge in [0.1, 0.15) is 17.8 Å². The molecule has 0 bridgehead atoms. The fraction of sp³-hybridized carbons (Fsp3) is 0.0714. The van der Waals surface area contributed by atoms with Gasteiger partial charge in [-0.25, -0.2) is 9.97 Å². The third kappa shape index (κ3) is 2.80. The second kappa shape index (κ2) is 5.52. The molecule has 0 saturated carbocycles. The van der Waals surface area contributed by atoms with Crippen LogP contribution in [-0.4, -0.2) is 16.2 Å². The van der Waals surface area contributed by atoms with Gasteiger partial charge in [-0.05, 0) is 19.1 Å². The molecular formula is C14H9N5. The van der Waals surface area contributed by atoms with Crippen LogP contribution in [0.5, 0.6) is 0 Å². The minimum atomic E-state index is 0.0163. The molecule has 0 spiro atoms. The number of aromatic nitrogens is 2. The normalized spacial score (nSPS) is 10.1. The largest absolute Gasteiger partial charge is 0.255 e. The van der Waals surface area contributed by atoms with Crippen LogP contribution in [0.4, 0.5) is 5.69 Å². The molecular weight excluding hydrogens is 238 g/mol. The summed E-state index contributed by atoms with van der Waals surface area (Å²) in [7, 11) is 0. The maximum atomic E-state index is 8.90. The first kappa shape index (κ1) is 12.4. The molecule has 0 amide bonds. The monoisotopic (exact) mass is 247 g/mol. The van der Waals surface area contributed by atoms with Crippen LogP contribution in [0.1, 0.15) is 22.8 Å². The van der Waals surface area contributed by atoms with Crippen molar-refractivity contribution in [2.75, 3.05) is 0 Å². The molecule has 0 fully saturated rings. The van der Waals surface area contributed by atoms with Crippen molar-refractivity contribution in [3.8, 4) is 12.1 Å². The smallest absolute Gasteiger partial charge is 0.177 e. The summed E-state index contributed by atoms with van der Waals surface area (Å²) >= 11 is 0. The third-order valence-corrected chi connectivity index (χ3v) is 2.41. The molecule has 0 aliphatic carbocycles. The zero-order chi connectivity index (χ0) is 13.7. The van der Waals surface area contributed by atoms with Gasteiger partial charge in [-0.2, -0.15) is 10.5 Å². The van der Waals surface area contributed by atoms with Crippen molar-refractivity contribution in [3.05, 3.63) is 53.1 Å². The molecule has 0 aliphatic rings. The second-order valence-corrected chi connectivity index (χ2v) is 3.71. The van der Waals surface area contributed by atoms with Crippen LogP contribution in [0, 0.1) is 29.6 Å². The Bertz CT molecular complexity index is 705. The predicted molar refractivity (Wildman–Crippen MR) is 69.9 cm³/mol. The lowest BCUT2D eigenvalue weighted by Gasteiger charge is -2.00. The summed E-state index contributed by atoms with van der Waals surface area (Å²) in [6.07, 6.45) is 1.54. The molecule has 0 atom stereocenters. The summed E-state index contributed by atoms with van der Waals surface area (Å²) in [4.78, 5) is 12.4. The van der Waals surface area contributed by atoms with Crippen molar-refractivity contribution in [3.63, 3.8) is 0 Å². The van der Waals surface area contributed by atoms with Gasteiger partial charge in [-0.15, -0.1) is 0 Å². The van der Waals surface area contributed by atoms with Gasteiger partial charge < -0.3 is 0 Å². The Hall–Kier alpha value is -3.05. The number of aliphatic imine (C=N–C) groups is 1. The highest BCUT2D eigenvalue weighted by atomic mass is 14.9. The van der Waals surface area contributed by atoms with Gasteiger partial charge in [0, 0.05) is 0 Å². The summed E-state index contributed by atoms with van der Waals surface area (Å²) in [6, 6.07) is 13.1. The van der Waals surface area contributed by atoms with Crippen LogP contribution in [0.3, 0.4) is 0 Å². The zero-order valence-corrected chi connectivity index (χ0v) is 10.2. The van der Waals surface area contributed by atoms with E-state index in [0.29, 0.717) is 11.4 Å². The first-order valence-corrected chi connectivity index (χ1v) is 5.52. The van der Waals surface area contributed by atoms with E-state index >= 15 is 0 Å². The fourth-order valence-corrected chi connectivity index (χ4v) is 1.46. The highest BCUT2D eigenvalue weighted by Crippen LogP contribution is 2.11. The number of nitrogens with zero attached hydrogens (tertiary/aromatic N) is 5. The maximum Gasteiger partial charge on any atom is 0.177 e. The standard InChI is InChI=1S/C14H9N5/c1-10-14(9-17-11-5-3-2-4-6-11)19-13(8-16)12(7-15)18-10/h2-6,9H,1H3. The van der Waals surface area contributed by atoms with Gasteiger partial charge in [0.15, 0.2) is 11.4 Å². The lowest BCUT2D eigenvalue weighted by Crippen LogP contribution is -2.03. The van der Waals surface area contributed by atoms with Crippen molar-refractivity contribution < 1.29 is 0 Å². The van der Waals surface area contributed by atoms with Crippen molar-refractivity contribution in [2.24, 2.45) is 4.99 Å². The molecule has 19 heavy (non-hydrogen) atoms. The predicted octanol–water partition coefficient (Wildman–Crippen LogP) is 2.28. The molecule has 0 unspecified atom stereocenters. The van der Waals surface area contributed by atoms with E-state index in [1.165, 1.54) is 0 Å². The number of para-hydroxylation sites is 1. The van der Waals surface area contributed by atoms with E-state index in [4.69, 9.17) is 10.5 Å². The summed E-state index contributed by atoms with van der Waals surface area (Å²) in [5, 5.41) is 17.7. The van der Waals surface area contributed by atoms with Gasteiger partial charge in [-0.1, -0.05) is 18.2 Å². The average molecular weight is 247 g/mol. The average Bonchev–Trinajstić information content (AvgIpc) is 2.46. The highest BCUT2D eigenvalue weighted by molar-refractivity contribution is 5.81. The topological polar surface area (TPSA) is 85.7 Å². The SMILES string of the molecule is Cc1nc(C#N)c(C#N)nc1C=Nc1ccccc1. The van der Waals surface area contributed by atoms with E-state index in [1.54, 1.807) is 13.1 Å². The Kier molecular flexibility index (Phi) is 3.61. The van der Waals surface area contributed by atoms with Crippen LogP contribution >= 0.6 is 0 Å². The van der Waals surface area contributed by atoms with Crippen molar-refractivity contribution in [2.45, 2.75) is 6.92 Å². The summed E-state index contributed by atoms with van der Waals surface area (Å²) in [5.74, 6) is 0. The van der Waals surface area contributed by atoms with Gasteiger partial charge in [-0.3, -0.25) is 4.99 Å². The van der Waals surface area contributed by atoms with E-state index < -0.39 is 0 Å². The summed E-state index contributed by atoms with van der Waals surface area (Å²) in [5.41, 5.74) is 1.89.